The molecule has 1 aliphatic carbocycles. The number of pyridine rings is 1. The van der Waals surface area contributed by atoms with Crippen LogP contribution in [0.2, 0.25) is 0 Å². The second-order valence-corrected chi connectivity index (χ2v) is 8.06. The minimum atomic E-state index is 0.508. The molecule has 1 fully saturated rings. The largest absolute Gasteiger partial charge is 0.449 e. The number of hydrogen-bond donors (Lipinski definition) is 2. The summed E-state index contributed by atoms with van der Waals surface area (Å²) in [4.78, 5) is 15.7. The molecule has 9 nitrogen and oxygen atoms in total. The number of hydrogen-bond acceptors (Lipinski definition) is 9. The molecule has 1 saturated heterocycles. The minimum absolute atomic E-state index is 0.508. The number of nitrogens with zero attached hydrogens (tertiary/aromatic N) is 5. The van der Waals surface area contributed by atoms with Crippen LogP contribution in [0.15, 0.2) is 58.5 Å². The fourth-order valence-electron chi connectivity index (χ4n) is 4.46. The Morgan fingerprint density at radius 2 is 1.97 bits per heavy atom. The van der Waals surface area contributed by atoms with Crippen molar-refractivity contribution in [2.24, 2.45) is 5.16 Å². The van der Waals surface area contributed by atoms with E-state index in [2.05, 4.69) is 31.4 Å². The van der Waals surface area contributed by atoms with Gasteiger partial charge in [-0.15, -0.1) is 0 Å². The van der Waals surface area contributed by atoms with Gasteiger partial charge in [-0.25, -0.2) is 9.97 Å². The quantitative estimate of drug-likeness (QED) is 0.361. The molecule has 9 heteroatoms. The Labute approximate surface area is 189 Å². The number of rotatable bonds is 4. The SMILES string of the molecule is ON=C1CCc2cc(Nc3c(-c4nccc(N5CCOCC5)n4)oc4cnccc34)ccc21. The first-order valence-corrected chi connectivity index (χ1v) is 10.9. The number of furan rings is 1. The van der Waals surface area contributed by atoms with Crippen LogP contribution in [0.5, 0.6) is 0 Å². The van der Waals surface area contributed by atoms with Crippen molar-refractivity contribution in [3.05, 3.63) is 60.0 Å². The van der Waals surface area contributed by atoms with Crippen molar-refractivity contribution in [1.29, 1.82) is 0 Å². The lowest BCUT2D eigenvalue weighted by atomic mass is 10.1. The lowest BCUT2D eigenvalue weighted by Crippen LogP contribution is -2.36. The van der Waals surface area contributed by atoms with E-state index in [9.17, 15) is 5.21 Å². The Bertz CT molecular complexity index is 1360. The van der Waals surface area contributed by atoms with E-state index in [1.54, 1.807) is 18.6 Å². The van der Waals surface area contributed by atoms with Crippen LogP contribution >= 0.6 is 0 Å². The van der Waals surface area contributed by atoms with Crippen LogP contribution < -0.4 is 10.2 Å². The molecule has 0 spiro atoms. The molecule has 0 bridgehead atoms. The van der Waals surface area contributed by atoms with Gasteiger partial charge in [0.05, 0.1) is 30.8 Å². The van der Waals surface area contributed by atoms with Gasteiger partial charge in [0.25, 0.3) is 0 Å². The molecule has 2 aliphatic rings. The standard InChI is InChI=1S/C24H22N6O3/c31-29-19-4-1-15-13-16(2-3-17(15)19)27-22-18-5-7-25-14-20(18)33-23(22)24-26-8-6-21(28-24)30-9-11-32-12-10-30/h2-3,5-8,13-14,27,31H,1,4,9-12H2. The van der Waals surface area contributed by atoms with Gasteiger partial charge in [-0.3, -0.25) is 4.98 Å². The van der Waals surface area contributed by atoms with E-state index < -0.39 is 0 Å². The maximum Gasteiger partial charge on any atom is 0.199 e. The van der Waals surface area contributed by atoms with Gasteiger partial charge in [0.15, 0.2) is 17.2 Å². The Balaban J connectivity index is 1.41. The third-order valence-corrected chi connectivity index (χ3v) is 6.11. The van der Waals surface area contributed by atoms with Crippen LogP contribution in [0.3, 0.4) is 0 Å². The van der Waals surface area contributed by atoms with Crippen molar-refractivity contribution in [3.63, 3.8) is 0 Å². The number of anilines is 3. The van der Waals surface area contributed by atoms with Gasteiger partial charge in [0.1, 0.15) is 5.82 Å². The lowest BCUT2D eigenvalue weighted by Gasteiger charge is -2.27. The molecule has 2 N–H and O–H groups in total. The molecule has 0 atom stereocenters. The number of nitrogens with one attached hydrogen (secondary N) is 1. The molecule has 0 radical (unpaired) electrons. The first kappa shape index (κ1) is 19.7. The van der Waals surface area contributed by atoms with Gasteiger partial charge in [-0.05, 0) is 42.7 Å². The first-order valence-electron chi connectivity index (χ1n) is 10.9. The highest BCUT2D eigenvalue weighted by Crippen LogP contribution is 2.39. The topological polar surface area (TPSA) is 109 Å². The number of aromatic nitrogens is 3. The number of benzene rings is 1. The molecule has 0 unspecified atom stereocenters. The molecule has 4 heterocycles. The molecule has 3 aromatic heterocycles. The number of oxime groups is 1. The van der Waals surface area contributed by atoms with Crippen LogP contribution in [0.1, 0.15) is 17.5 Å². The van der Waals surface area contributed by atoms with Gasteiger partial charge in [0.2, 0.25) is 0 Å². The van der Waals surface area contributed by atoms with Gasteiger partial charge in [0, 0.05) is 42.1 Å². The van der Waals surface area contributed by atoms with E-state index in [-0.39, 0.29) is 0 Å². The van der Waals surface area contributed by atoms with Crippen molar-refractivity contribution in [1.82, 2.24) is 15.0 Å². The normalized spacial score (nSPS) is 17.0. The molecule has 166 valence electrons. The van der Waals surface area contributed by atoms with E-state index in [0.717, 1.165) is 65.3 Å². The highest BCUT2D eigenvalue weighted by atomic mass is 16.5. The second-order valence-electron chi connectivity index (χ2n) is 8.06. The van der Waals surface area contributed by atoms with E-state index in [1.165, 1.54) is 0 Å². The van der Waals surface area contributed by atoms with Crippen LogP contribution in [-0.2, 0) is 11.2 Å². The summed E-state index contributed by atoms with van der Waals surface area (Å²) in [5.74, 6) is 1.92. The van der Waals surface area contributed by atoms with E-state index in [1.807, 2.05) is 24.3 Å². The van der Waals surface area contributed by atoms with Gasteiger partial charge in [-0.1, -0.05) is 11.2 Å². The fourth-order valence-corrected chi connectivity index (χ4v) is 4.46. The molecular weight excluding hydrogens is 420 g/mol. The Kier molecular flexibility index (Phi) is 4.88. The van der Waals surface area contributed by atoms with Crippen molar-refractivity contribution in [2.45, 2.75) is 12.8 Å². The van der Waals surface area contributed by atoms with Crippen molar-refractivity contribution < 1.29 is 14.4 Å². The summed E-state index contributed by atoms with van der Waals surface area (Å²) < 4.78 is 11.6. The Morgan fingerprint density at radius 1 is 1.06 bits per heavy atom. The molecular formula is C24H22N6O3. The van der Waals surface area contributed by atoms with E-state index >= 15 is 0 Å². The average molecular weight is 442 g/mol. The van der Waals surface area contributed by atoms with Gasteiger partial charge in [-0.2, -0.15) is 0 Å². The number of fused-ring (bicyclic) bond motifs is 2. The van der Waals surface area contributed by atoms with Crippen molar-refractivity contribution >= 4 is 33.9 Å². The predicted molar refractivity (Wildman–Crippen MR) is 124 cm³/mol. The summed E-state index contributed by atoms with van der Waals surface area (Å²) in [5, 5.41) is 17.1. The fraction of sp³-hybridized carbons (Fsp3) is 0.250. The van der Waals surface area contributed by atoms with Crippen molar-refractivity contribution in [2.75, 3.05) is 36.5 Å². The molecule has 1 aliphatic heterocycles. The summed E-state index contributed by atoms with van der Waals surface area (Å²) in [5.41, 5.74) is 5.23. The van der Waals surface area contributed by atoms with Crippen LogP contribution in [0.4, 0.5) is 17.2 Å². The lowest BCUT2D eigenvalue weighted by molar-refractivity contribution is 0.122. The number of aryl methyl sites for hydroxylation is 1. The minimum Gasteiger partial charge on any atom is -0.449 e. The van der Waals surface area contributed by atoms with Crippen LogP contribution in [0, 0.1) is 0 Å². The highest BCUT2D eigenvalue weighted by Gasteiger charge is 2.22. The monoisotopic (exact) mass is 442 g/mol. The maximum absolute atomic E-state index is 9.22. The molecule has 0 saturated carbocycles. The first-order chi connectivity index (χ1) is 16.3. The number of ether oxygens (including phenoxy) is 1. The maximum atomic E-state index is 9.22. The van der Waals surface area contributed by atoms with Crippen molar-refractivity contribution in [3.8, 4) is 11.6 Å². The van der Waals surface area contributed by atoms with Crippen LogP contribution in [-0.4, -0.2) is 52.2 Å². The highest BCUT2D eigenvalue weighted by molar-refractivity contribution is 6.05. The summed E-state index contributed by atoms with van der Waals surface area (Å²) in [6.45, 7) is 2.95. The number of morpholine rings is 1. The average Bonchev–Trinajstić information content (AvgIpc) is 3.46. The second kappa shape index (κ2) is 8.18. The summed E-state index contributed by atoms with van der Waals surface area (Å²) in [7, 11) is 0. The summed E-state index contributed by atoms with van der Waals surface area (Å²) in [6, 6.07) is 9.87. The van der Waals surface area contributed by atoms with Gasteiger partial charge >= 0.3 is 0 Å². The van der Waals surface area contributed by atoms with Gasteiger partial charge < -0.3 is 24.6 Å². The molecule has 1 aromatic carbocycles. The Hall–Kier alpha value is -3.98. The zero-order valence-corrected chi connectivity index (χ0v) is 17.9. The molecule has 6 rings (SSSR count). The third-order valence-electron chi connectivity index (χ3n) is 6.11. The predicted octanol–water partition coefficient (Wildman–Crippen LogP) is 3.99. The molecule has 0 amide bonds. The molecule has 33 heavy (non-hydrogen) atoms. The Morgan fingerprint density at radius 3 is 2.85 bits per heavy atom. The summed E-state index contributed by atoms with van der Waals surface area (Å²) >= 11 is 0. The zero-order valence-electron chi connectivity index (χ0n) is 17.9. The molecule has 4 aromatic rings. The van der Waals surface area contributed by atoms with E-state index in [4.69, 9.17) is 14.1 Å². The van der Waals surface area contributed by atoms with E-state index in [0.29, 0.717) is 30.4 Å². The smallest absolute Gasteiger partial charge is 0.199 e. The summed E-state index contributed by atoms with van der Waals surface area (Å²) in [6.07, 6.45) is 6.78. The zero-order chi connectivity index (χ0) is 22.2. The van der Waals surface area contributed by atoms with Crippen LogP contribution in [0.25, 0.3) is 22.6 Å². The third kappa shape index (κ3) is 3.56.